The van der Waals surface area contributed by atoms with E-state index in [4.69, 9.17) is 0 Å². The highest BCUT2D eigenvalue weighted by Crippen LogP contribution is 2.36. The van der Waals surface area contributed by atoms with Crippen LogP contribution in [0.1, 0.15) is 44.5 Å². The van der Waals surface area contributed by atoms with Crippen molar-refractivity contribution in [1.29, 1.82) is 0 Å². The molecule has 5 nitrogen and oxygen atoms in total. The van der Waals surface area contributed by atoms with Crippen LogP contribution in [0.25, 0.3) is 0 Å². The van der Waals surface area contributed by atoms with E-state index < -0.39 is 0 Å². The first-order chi connectivity index (χ1) is 8.90. The van der Waals surface area contributed by atoms with Gasteiger partial charge in [0.15, 0.2) is 0 Å². The Labute approximate surface area is 114 Å². The molecule has 0 radical (unpaired) electrons. The number of anilines is 1. The van der Waals surface area contributed by atoms with Gasteiger partial charge in [-0.2, -0.15) is 5.10 Å². The van der Waals surface area contributed by atoms with Gasteiger partial charge in [-0.3, -0.25) is 9.89 Å². The Morgan fingerprint density at radius 2 is 2.21 bits per heavy atom. The van der Waals surface area contributed by atoms with Gasteiger partial charge in [-0.1, -0.05) is 20.3 Å². The Bertz CT molecular complexity index is 445. The molecule has 0 spiro atoms. The monoisotopic (exact) mass is 264 g/mol. The lowest BCUT2D eigenvalue weighted by Crippen LogP contribution is -2.41. The van der Waals surface area contributed by atoms with Gasteiger partial charge in [0, 0.05) is 6.04 Å². The predicted octanol–water partition coefficient (Wildman–Crippen LogP) is 2.13. The highest BCUT2D eigenvalue weighted by molar-refractivity contribution is 5.93. The van der Waals surface area contributed by atoms with Crippen molar-refractivity contribution < 1.29 is 4.79 Å². The average molecular weight is 264 g/mol. The molecule has 0 bridgehead atoms. The van der Waals surface area contributed by atoms with Gasteiger partial charge < -0.3 is 10.6 Å². The fourth-order valence-electron chi connectivity index (χ4n) is 2.84. The lowest BCUT2D eigenvalue weighted by atomic mass is 9.87. The van der Waals surface area contributed by atoms with Crippen molar-refractivity contribution >= 4 is 11.6 Å². The van der Waals surface area contributed by atoms with E-state index in [1.165, 1.54) is 12.8 Å². The largest absolute Gasteiger partial charge is 0.322 e. The summed E-state index contributed by atoms with van der Waals surface area (Å²) >= 11 is 0. The molecule has 1 saturated carbocycles. The molecule has 1 heterocycles. The van der Waals surface area contributed by atoms with Gasteiger partial charge >= 0.3 is 0 Å². The lowest BCUT2D eigenvalue weighted by molar-refractivity contribution is -0.115. The second-order valence-electron chi connectivity index (χ2n) is 6.17. The smallest absolute Gasteiger partial charge is 0.238 e. The fourth-order valence-corrected chi connectivity index (χ4v) is 2.84. The second kappa shape index (κ2) is 5.33. The molecule has 1 fully saturated rings. The van der Waals surface area contributed by atoms with Crippen LogP contribution in [0, 0.1) is 19.3 Å². The number of H-pyrrole nitrogens is 1. The van der Waals surface area contributed by atoms with Crippen molar-refractivity contribution in [3.8, 4) is 0 Å². The summed E-state index contributed by atoms with van der Waals surface area (Å²) in [6.07, 6.45) is 3.63. The van der Waals surface area contributed by atoms with Gasteiger partial charge in [-0.05, 0) is 32.1 Å². The number of nitrogens with one attached hydrogen (secondary N) is 3. The minimum atomic E-state index is -0.00435. The maximum atomic E-state index is 12.0. The van der Waals surface area contributed by atoms with Crippen molar-refractivity contribution in [3.63, 3.8) is 0 Å². The molecule has 0 aromatic carbocycles. The minimum Gasteiger partial charge on any atom is -0.322 e. The molecule has 1 amide bonds. The van der Waals surface area contributed by atoms with Crippen molar-refractivity contribution in [2.24, 2.45) is 5.41 Å². The third-order valence-corrected chi connectivity index (χ3v) is 4.16. The van der Waals surface area contributed by atoms with Crippen LogP contribution < -0.4 is 10.6 Å². The van der Waals surface area contributed by atoms with E-state index in [2.05, 4.69) is 34.7 Å². The molecular formula is C14H24N4O. The molecule has 0 unspecified atom stereocenters. The zero-order valence-corrected chi connectivity index (χ0v) is 12.3. The van der Waals surface area contributed by atoms with Gasteiger partial charge in [-0.15, -0.1) is 0 Å². The molecule has 106 valence electrons. The van der Waals surface area contributed by atoms with Gasteiger partial charge in [0.1, 0.15) is 0 Å². The Morgan fingerprint density at radius 3 is 2.74 bits per heavy atom. The molecule has 1 aliphatic carbocycles. The van der Waals surface area contributed by atoms with Crippen LogP contribution >= 0.6 is 0 Å². The fraction of sp³-hybridized carbons (Fsp3) is 0.714. The summed E-state index contributed by atoms with van der Waals surface area (Å²) in [4.78, 5) is 12.0. The zero-order valence-electron chi connectivity index (χ0n) is 12.3. The number of hydrogen-bond acceptors (Lipinski definition) is 3. The van der Waals surface area contributed by atoms with E-state index in [0.29, 0.717) is 18.0 Å². The molecule has 1 atom stereocenters. The number of nitrogens with zero attached hydrogens (tertiary/aromatic N) is 1. The molecule has 1 aliphatic rings. The molecule has 2 rings (SSSR count). The Hall–Kier alpha value is -1.36. The SMILES string of the molecule is Cc1n[nH]c(C)c1NC(=O)CN[C@H]1CCCC1(C)C. The van der Waals surface area contributed by atoms with E-state index in [1.807, 2.05) is 13.8 Å². The van der Waals surface area contributed by atoms with Crippen molar-refractivity contribution in [3.05, 3.63) is 11.4 Å². The van der Waals surface area contributed by atoms with Crippen LogP contribution in [0.2, 0.25) is 0 Å². The summed E-state index contributed by atoms with van der Waals surface area (Å²) in [6, 6.07) is 0.435. The third kappa shape index (κ3) is 3.15. The van der Waals surface area contributed by atoms with Gasteiger partial charge in [0.2, 0.25) is 5.91 Å². The standard InChI is InChI=1S/C14H24N4O/c1-9-13(10(2)18-17-9)16-12(19)8-15-11-6-5-7-14(11,3)4/h11,15H,5-8H2,1-4H3,(H,16,19)(H,17,18)/t11-/m0/s1. The number of rotatable bonds is 4. The quantitative estimate of drug-likeness (QED) is 0.780. The molecule has 1 aromatic rings. The van der Waals surface area contributed by atoms with Crippen molar-refractivity contribution in [1.82, 2.24) is 15.5 Å². The van der Waals surface area contributed by atoms with E-state index in [9.17, 15) is 4.79 Å². The summed E-state index contributed by atoms with van der Waals surface area (Å²) < 4.78 is 0. The average Bonchev–Trinajstić information content (AvgIpc) is 2.83. The maximum absolute atomic E-state index is 12.0. The topological polar surface area (TPSA) is 69.8 Å². The van der Waals surface area contributed by atoms with Gasteiger partial charge in [0.05, 0.1) is 23.6 Å². The molecule has 3 N–H and O–H groups in total. The normalized spacial score (nSPS) is 21.6. The molecule has 1 aromatic heterocycles. The maximum Gasteiger partial charge on any atom is 0.238 e. The first-order valence-corrected chi connectivity index (χ1v) is 6.95. The Balaban J connectivity index is 1.86. The number of aryl methyl sites for hydroxylation is 2. The summed E-state index contributed by atoms with van der Waals surface area (Å²) in [5.41, 5.74) is 2.82. The van der Waals surface area contributed by atoms with Gasteiger partial charge in [0.25, 0.3) is 0 Å². The number of hydrogen-bond donors (Lipinski definition) is 3. The van der Waals surface area contributed by atoms with Crippen molar-refractivity contribution in [2.75, 3.05) is 11.9 Å². The molecule has 0 aliphatic heterocycles. The molecule has 5 heteroatoms. The minimum absolute atomic E-state index is 0.00435. The van der Waals surface area contributed by atoms with Crippen LogP contribution in [-0.2, 0) is 4.79 Å². The molecular weight excluding hydrogens is 240 g/mol. The first-order valence-electron chi connectivity index (χ1n) is 6.95. The number of carbonyl (C=O) groups is 1. The summed E-state index contributed by atoms with van der Waals surface area (Å²) in [5, 5.41) is 13.2. The highest BCUT2D eigenvalue weighted by atomic mass is 16.1. The number of aromatic amines is 1. The molecule has 0 saturated heterocycles. The van der Waals surface area contributed by atoms with E-state index in [0.717, 1.165) is 23.5 Å². The number of aromatic nitrogens is 2. The van der Waals surface area contributed by atoms with E-state index in [-0.39, 0.29) is 5.91 Å². The molecule has 19 heavy (non-hydrogen) atoms. The van der Waals surface area contributed by atoms with Crippen LogP contribution in [0.5, 0.6) is 0 Å². The summed E-state index contributed by atoms with van der Waals surface area (Å²) in [5.74, 6) is -0.00435. The Kier molecular flexibility index (Phi) is 3.94. The lowest BCUT2D eigenvalue weighted by Gasteiger charge is -2.27. The first kappa shape index (κ1) is 14.1. The summed E-state index contributed by atoms with van der Waals surface area (Å²) in [7, 11) is 0. The van der Waals surface area contributed by atoms with Crippen LogP contribution in [-0.4, -0.2) is 28.7 Å². The number of carbonyl (C=O) groups excluding carboxylic acids is 1. The van der Waals surface area contributed by atoms with E-state index in [1.54, 1.807) is 0 Å². The zero-order chi connectivity index (χ0) is 14.0. The van der Waals surface area contributed by atoms with Crippen LogP contribution in [0.4, 0.5) is 5.69 Å². The summed E-state index contributed by atoms with van der Waals surface area (Å²) in [6.45, 7) is 8.67. The third-order valence-electron chi connectivity index (χ3n) is 4.16. The van der Waals surface area contributed by atoms with Crippen molar-refractivity contribution in [2.45, 2.75) is 53.0 Å². The van der Waals surface area contributed by atoms with Gasteiger partial charge in [-0.25, -0.2) is 0 Å². The second-order valence-corrected chi connectivity index (χ2v) is 6.17. The van der Waals surface area contributed by atoms with Crippen LogP contribution in [0.15, 0.2) is 0 Å². The predicted molar refractivity (Wildman–Crippen MR) is 76.1 cm³/mol. The van der Waals surface area contributed by atoms with Crippen LogP contribution in [0.3, 0.4) is 0 Å². The Morgan fingerprint density at radius 1 is 1.47 bits per heavy atom. The van der Waals surface area contributed by atoms with E-state index >= 15 is 0 Å². The number of amides is 1. The highest BCUT2D eigenvalue weighted by Gasteiger charge is 2.34.